The molecule has 0 aliphatic rings. The Morgan fingerprint density at radius 2 is 1.75 bits per heavy atom. The number of esters is 1. The third-order valence-corrected chi connectivity index (χ3v) is 5.90. The average Bonchev–Trinajstić information content (AvgIpc) is 2.78. The Labute approximate surface area is 189 Å². The van der Waals surface area contributed by atoms with Gasteiger partial charge in [-0.1, -0.05) is 24.6 Å². The molecule has 0 fully saturated rings. The van der Waals surface area contributed by atoms with Crippen molar-refractivity contribution in [3.8, 4) is 0 Å². The van der Waals surface area contributed by atoms with Gasteiger partial charge in [0.1, 0.15) is 11.0 Å². The minimum absolute atomic E-state index is 0.00848. The summed E-state index contributed by atoms with van der Waals surface area (Å²) in [6.07, 6.45) is 2.04. The van der Waals surface area contributed by atoms with Crippen molar-refractivity contribution in [3.05, 3.63) is 77.7 Å². The van der Waals surface area contributed by atoms with Crippen LogP contribution in [0, 0.1) is 0 Å². The Morgan fingerprint density at radius 1 is 1.03 bits per heavy atom. The number of halogens is 1. The Balaban J connectivity index is 1.65. The van der Waals surface area contributed by atoms with Crippen LogP contribution >= 0.6 is 11.6 Å². The van der Waals surface area contributed by atoms with Gasteiger partial charge < -0.3 is 10.1 Å². The normalized spacial score (nSPS) is 11.9. The predicted molar refractivity (Wildman–Crippen MR) is 119 cm³/mol. The van der Waals surface area contributed by atoms with Crippen LogP contribution in [0.3, 0.4) is 0 Å². The number of pyridine rings is 2. The number of benzene rings is 1. The lowest BCUT2D eigenvalue weighted by atomic mass is 10.2. The van der Waals surface area contributed by atoms with Gasteiger partial charge in [-0.2, -0.15) is 0 Å². The fourth-order valence-corrected chi connectivity index (χ4v) is 3.82. The summed E-state index contributed by atoms with van der Waals surface area (Å²) in [5.74, 6) is -1.15. The van der Waals surface area contributed by atoms with Crippen molar-refractivity contribution in [2.24, 2.45) is 0 Å². The molecule has 1 aromatic carbocycles. The smallest absolute Gasteiger partial charge is 0.342 e. The number of carbonyl (C=O) groups is 2. The number of carbonyl (C=O) groups excluding carboxylic acids is 2. The highest BCUT2D eigenvalue weighted by molar-refractivity contribution is 7.92. The topological polar surface area (TPSA) is 127 Å². The molecule has 1 atom stereocenters. The van der Waals surface area contributed by atoms with Crippen LogP contribution in [0.5, 0.6) is 0 Å². The summed E-state index contributed by atoms with van der Waals surface area (Å²) in [6.45, 7) is 1.68. The number of aromatic nitrogens is 2. The highest BCUT2D eigenvalue weighted by Crippen LogP contribution is 2.19. The molecule has 166 valence electrons. The van der Waals surface area contributed by atoms with Gasteiger partial charge in [-0.25, -0.2) is 23.2 Å². The molecule has 3 aromatic rings. The van der Waals surface area contributed by atoms with Crippen molar-refractivity contribution in [2.45, 2.75) is 24.3 Å². The highest BCUT2D eigenvalue weighted by atomic mass is 35.5. The summed E-state index contributed by atoms with van der Waals surface area (Å²) in [5, 5.41) is 2.58. The van der Waals surface area contributed by atoms with E-state index < -0.39 is 28.0 Å². The number of rotatable bonds is 8. The van der Waals surface area contributed by atoms with Crippen molar-refractivity contribution in [3.63, 3.8) is 0 Å². The second kappa shape index (κ2) is 10.2. The lowest BCUT2D eigenvalue weighted by Crippen LogP contribution is -2.32. The molecule has 2 heterocycles. The quantitative estimate of drug-likeness (QED) is 0.377. The van der Waals surface area contributed by atoms with E-state index in [0.29, 0.717) is 5.69 Å². The zero-order valence-electron chi connectivity index (χ0n) is 16.9. The monoisotopic (exact) mass is 474 g/mol. The van der Waals surface area contributed by atoms with Crippen molar-refractivity contribution in [2.75, 3.05) is 10.0 Å². The first-order valence-corrected chi connectivity index (χ1v) is 11.3. The van der Waals surface area contributed by atoms with Crippen molar-refractivity contribution in [1.29, 1.82) is 0 Å². The minimum atomic E-state index is -3.84. The average molecular weight is 475 g/mol. The van der Waals surface area contributed by atoms with E-state index in [4.69, 9.17) is 16.3 Å². The standard InChI is InChI=1S/C21H19ClN4O5S/c1-2-17(31-21(28)16-6-5-13-24-19(16)22)20(27)25-14-8-10-15(11-9-14)32(29,30)26-18-7-3-4-12-23-18/h3-13,17H,2H2,1H3,(H,23,26)(H,25,27). The van der Waals surface area contributed by atoms with Gasteiger partial charge in [0.25, 0.3) is 15.9 Å². The number of nitrogens with one attached hydrogen (secondary N) is 2. The molecule has 1 unspecified atom stereocenters. The molecule has 0 bridgehead atoms. The van der Waals surface area contributed by atoms with E-state index in [-0.39, 0.29) is 27.9 Å². The van der Waals surface area contributed by atoms with Crippen molar-refractivity contribution in [1.82, 2.24) is 9.97 Å². The molecule has 3 rings (SSSR count). The van der Waals surface area contributed by atoms with Crippen LogP contribution in [0.2, 0.25) is 5.15 Å². The molecule has 1 amide bonds. The number of amides is 1. The Kier molecular flexibility index (Phi) is 7.39. The fraction of sp³-hybridized carbons (Fsp3) is 0.143. The van der Waals surface area contributed by atoms with E-state index >= 15 is 0 Å². The zero-order chi connectivity index (χ0) is 23.1. The van der Waals surface area contributed by atoms with Gasteiger partial charge in [-0.05, 0) is 55.0 Å². The van der Waals surface area contributed by atoms with Gasteiger partial charge in [0.2, 0.25) is 0 Å². The number of ether oxygens (including phenoxy) is 1. The van der Waals surface area contributed by atoms with Crippen LogP contribution in [0.1, 0.15) is 23.7 Å². The van der Waals surface area contributed by atoms with Crippen LogP contribution < -0.4 is 10.0 Å². The van der Waals surface area contributed by atoms with Crippen LogP contribution in [0.15, 0.2) is 71.9 Å². The molecule has 0 saturated heterocycles. The summed E-state index contributed by atoms with van der Waals surface area (Å²) in [6, 6.07) is 13.4. The third-order valence-electron chi connectivity index (χ3n) is 4.23. The maximum absolute atomic E-state index is 12.5. The maximum Gasteiger partial charge on any atom is 0.342 e. The van der Waals surface area contributed by atoms with Crippen LogP contribution in [0.25, 0.3) is 0 Å². The summed E-state index contributed by atoms with van der Waals surface area (Å²) in [7, 11) is -3.84. The largest absolute Gasteiger partial charge is 0.449 e. The van der Waals surface area contributed by atoms with E-state index in [1.54, 1.807) is 19.1 Å². The second-order valence-electron chi connectivity index (χ2n) is 6.48. The molecular formula is C21H19ClN4O5S. The number of sulfonamides is 1. The number of hydrogen-bond acceptors (Lipinski definition) is 7. The minimum Gasteiger partial charge on any atom is -0.449 e. The Bertz CT molecular complexity index is 1200. The van der Waals surface area contributed by atoms with E-state index in [1.807, 2.05) is 0 Å². The first-order valence-electron chi connectivity index (χ1n) is 9.46. The van der Waals surface area contributed by atoms with E-state index in [2.05, 4.69) is 20.0 Å². The van der Waals surface area contributed by atoms with Gasteiger partial charge >= 0.3 is 5.97 Å². The van der Waals surface area contributed by atoms with Crippen LogP contribution in [0.4, 0.5) is 11.5 Å². The van der Waals surface area contributed by atoms with Gasteiger partial charge in [0.15, 0.2) is 6.10 Å². The molecule has 9 nitrogen and oxygen atoms in total. The molecule has 2 aromatic heterocycles. The number of anilines is 2. The molecule has 0 spiro atoms. The van der Waals surface area contributed by atoms with E-state index in [9.17, 15) is 18.0 Å². The van der Waals surface area contributed by atoms with Gasteiger partial charge in [0.05, 0.1) is 10.5 Å². The first kappa shape index (κ1) is 23.2. The maximum atomic E-state index is 12.5. The Morgan fingerprint density at radius 3 is 2.38 bits per heavy atom. The molecule has 0 saturated carbocycles. The summed E-state index contributed by atoms with van der Waals surface area (Å²) >= 11 is 5.89. The molecule has 0 radical (unpaired) electrons. The highest BCUT2D eigenvalue weighted by Gasteiger charge is 2.24. The summed E-state index contributed by atoms with van der Waals surface area (Å²) in [5.41, 5.74) is 0.385. The molecule has 2 N–H and O–H groups in total. The number of nitrogens with zero attached hydrogens (tertiary/aromatic N) is 2. The zero-order valence-corrected chi connectivity index (χ0v) is 18.4. The van der Waals surface area contributed by atoms with Crippen molar-refractivity contribution < 1.29 is 22.7 Å². The lowest BCUT2D eigenvalue weighted by Gasteiger charge is -2.16. The second-order valence-corrected chi connectivity index (χ2v) is 8.52. The van der Waals surface area contributed by atoms with Gasteiger partial charge in [-0.15, -0.1) is 0 Å². The van der Waals surface area contributed by atoms with Crippen LogP contribution in [-0.2, 0) is 19.6 Å². The number of hydrogen-bond donors (Lipinski definition) is 2. The van der Waals surface area contributed by atoms with Crippen molar-refractivity contribution >= 4 is 45.0 Å². The summed E-state index contributed by atoms with van der Waals surface area (Å²) in [4.78, 5) is 32.6. The first-order chi connectivity index (χ1) is 15.3. The third kappa shape index (κ3) is 5.80. The van der Waals surface area contributed by atoms with E-state index in [0.717, 1.165) is 0 Å². The Hall–Kier alpha value is -3.50. The molecular weight excluding hydrogens is 456 g/mol. The van der Waals surface area contributed by atoms with E-state index in [1.165, 1.54) is 54.9 Å². The molecule has 0 aliphatic carbocycles. The molecule has 11 heteroatoms. The SMILES string of the molecule is CCC(OC(=O)c1cccnc1Cl)C(=O)Nc1ccc(S(=O)(=O)Nc2ccccn2)cc1. The molecule has 32 heavy (non-hydrogen) atoms. The van der Waals surface area contributed by atoms with Crippen LogP contribution in [-0.4, -0.2) is 36.4 Å². The molecule has 0 aliphatic heterocycles. The van der Waals surface area contributed by atoms with Gasteiger partial charge in [0, 0.05) is 18.1 Å². The summed E-state index contributed by atoms with van der Waals surface area (Å²) < 4.78 is 32.5. The van der Waals surface area contributed by atoms with Gasteiger partial charge in [-0.3, -0.25) is 9.52 Å². The fourth-order valence-electron chi connectivity index (χ4n) is 2.61. The predicted octanol–water partition coefficient (Wildman–Crippen LogP) is 3.50. The lowest BCUT2D eigenvalue weighted by molar-refractivity contribution is -0.124.